The lowest BCUT2D eigenvalue weighted by Gasteiger charge is -2.40. The van der Waals surface area contributed by atoms with E-state index in [1.807, 2.05) is 0 Å². The molecule has 30 heavy (non-hydrogen) atoms. The van der Waals surface area contributed by atoms with Gasteiger partial charge in [-0.1, -0.05) is 0 Å². The van der Waals surface area contributed by atoms with E-state index >= 15 is 0 Å². The zero-order chi connectivity index (χ0) is 21.8. The Hall–Kier alpha value is -3.08. The van der Waals surface area contributed by atoms with Crippen molar-refractivity contribution >= 4 is 23.6 Å². The van der Waals surface area contributed by atoms with Crippen molar-refractivity contribution in [2.75, 3.05) is 32.2 Å². The van der Waals surface area contributed by atoms with Crippen molar-refractivity contribution in [2.24, 2.45) is 4.99 Å². The summed E-state index contributed by atoms with van der Waals surface area (Å²) in [6, 6.07) is 3.51. The number of halogens is 3. The molecular formula is C19H20F3N5O3. The van der Waals surface area contributed by atoms with Crippen LogP contribution in [0.1, 0.15) is 12.5 Å². The molecule has 2 unspecified atom stereocenters. The molecule has 1 saturated heterocycles. The van der Waals surface area contributed by atoms with E-state index in [1.54, 1.807) is 30.0 Å². The quantitative estimate of drug-likeness (QED) is 0.744. The minimum Gasteiger partial charge on any atom is -0.383 e. The molecule has 3 aliphatic heterocycles. The van der Waals surface area contributed by atoms with Crippen molar-refractivity contribution in [1.82, 2.24) is 14.7 Å². The average molecular weight is 423 g/mol. The highest BCUT2D eigenvalue weighted by Gasteiger charge is 2.54. The number of carbonyl (C=O) groups excluding carboxylic acids is 2. The zero-order valence-electron chi connectivity index (χ0n) is 16.6. The van der Waals surface area contributed by atoms with Crippen molar-refractivity contribution in [3.05, 3.63) is 41.7 Å². The van der Waals surface area contributed by atoms with Gasteiger partial charge < -0.3 is 14.5 Å². The molecule has 0 spiro atoms. The highest BCUT2D eigenvalue weighted by molar-refractivity contribution is 6.09. The zero-order valence-corrected chi connectivity index (χ0v) is 16.6. The van der Waals surface area contributed by atoms with Crippen molar-refractivity contribution in [3.63, 3.8) is 0 Å². The average Bonchev–Trinajstić information content (AvgIpc) is 3.20. The largest absolute Gasteiger partial charge is 0.416 e. The standard InChI is InChI=1S/C19H20F3N5O3/c1-11-10-26-14-15(24(2)18(29)25(16(14)28)8-9-30-3)23-17(26)27(11)13-6-4-12(5-7-13)19(20,21)22/h4-7,10,14-15H,8-9H2,1-3H3. The first-order chi connectivity index (χ1) is 14.1. The number of hydrogen-bond donors (Lipinski definition) is 0. The number of aliphatic imine (C=N–C) groups is 1. The van der Waals surface area contributed by atoms with E-state index < -0.39 is 35.9 Å². The van der Waals surface area contributed by atoms with Crippen LogP contribution in [0.25, 0.3) is 0 Å². The van der Waals surface area contributed by atoms with Gasteiger partial charge in [0.05, 0.1) is 18.7 Å². The van der Waals surface area contributed by atoms with Crippen molar-refractivity contribution in [1.29, 1.82) is 0 Å². The predicted octanol–water partition coefficient (Wildman–Crippen LogP) is 2.29. The number of amides is 3. The van der Waals surface area contributed by atoms with Gasteiger partial charge in [-0.15, -0.1) is 0 Å². The molecule has 1 fully saturated rings. The fourth-order valence-electron chi connectivity index (χ4n) is 3.86. The van der Waals surface area contributed by atoms with Gasteiger partial charge in [-0.3, -0.25) is 14.6 Å². The molecular weight excluding hydrogens is 403 g/mol. The van der Waals surface area contributed by atoms with Gasteiger partial charge in [0.2, 0.25) is 5.96 Å². The van der Waals surface area contributed by atoms with E-state index in [1.165, 1.54) is 24.1 Å². The van der Waals surface area contributed by atoms with E-state index in [0.29, 0.717) is 17.3 Å². The smallest absolute Gasteiger partial charge is 0.383 e. The third-order valence-electron chi connectivity index (χ3n) is 5.36. The molecule has 4 rings (SSSR count). The number of imide groups is 1. The molecule has 0 aliphatic carbocycles. The van der Waals surface area contributed by atoms with Crippen LogP contribution in [0.2, 0.25) is 0 Å². The molecule has 8 nitrogen and oxygen atoms in total. The molecule has 3 amide bonds. The number of rotatable bonds is 4. The Morgan fingerprint density at radius 1 is 1.17 bits per heavy atom. The van der Waals surface area contributed by atoms with E-state index in [2.05, 4.69) is 4.99 Å². The van der Waals surface area contributed by atoms with Crippen LogP contribution in [-0.2, 0) is 15.7 Å². The fraction of sp³-hybridized carbons (Fsp3) is 0.421. The van der Waals surface area contributed by atoms with Crippen molar-refractivity contribution < 1.29 is 27.5 Å². The van der Waals surface area contributed by atoms with E-state index in [0.717, 1.165) is 17.0 Å². The normalized spacial score (nSPS) is 23.7. The van der Waals surface area contributed by atoms with Crippen LogP contribution in [-0.4, -0.2) is 72.1 Å². The summed E-state index contributed by atoms with van der Waals surface area (Å²) in [5.41, 5.74) is 0.428. The van der Waals surface area contributed by atoms with Crippen LogP contribution >= 0.6 is 0 Å². The Kier molecular flexibility index (Phi) is 4.72. The van der Waals surface area contributed by atoms with Crippen LogP contribution in [0.5, 0.6) is 0 Å². The molecule has 160 valence electrons. The molecule has 0 saturated carbocycles. The maximum atomic E-state index is 13.1. The fourth-order valence-corrected chi connectivity index (χ4v) is 3.86. The second-order valence-corrected chi connectivity index (χ2v) is 7.22. The molecule has 11 heteroatoms. The van der Waals surface area contributed by atoms with Gasteiger partial charge in [0.25, 0.3) is 5.91 Å². The van der Waals surface area contributed by atoms with E-state index in [9.17, 15) is 22.8 Å². The van der Waals surface area contributed by atoms with E-state index in [-0.39, 0.29) is 13.2 Å². The lowest BCUT2D eigenvalue weighted by molar-refractivity contribution is -0.138. The van der Waals surface area contributed by atoms with E-state index in [4.69, 9.17) is 4.74 Å². The highest BCUT2D eigenvalue weighted by atomic mass is 19.4. The number of anilines is 1. The number of likely N-dealkylation sites (N-methyl/N-ethyl adjacent to an activating group) is 1. The summed E-state index contributed by atoms with van der Waals surface area (Å²) in [4.78, 5) is 36.1. The Morgan fingerprint density at radius 3 is 2.43 bits per heavy atom. The first-order valence-electron chi connectivity index (χ1n) is 9.24. The van der Waals surface area contributed by atoms with Gasteiger partial charge in [-0.25, -0.2) is 9.79 Å². The van der Waals surface area contributed by atoms with Crippen LogP contribution in [0, 0.1) is 0 Å². The molecule has 0 bridgehead atoms. The number of urea groups is 1. The summed E-state index contributed by atoms with van der Waals surface area (Å²) in [7, 11) is 3.05. The number of allylic oxidation sites excluding steroid dienone is 1. The molecule has 0 aromatic heterocycles. The third kappa shape index (κ3) is 3.00. The summed E-state index contributed by atoms with van der Waals surface area (Å²) in [6.45, 7) is 2.11. The van der Waals surface area contributed by atoms with Gasteiger partial charge in [-0.05, 0) is 31.2 Å². The maximum Gasteiger partial charge on any atom is 0.416 e. The number of nitrogens with zero attached hydrogens (tertiary/aromatic N) is 5. The maximum absolute atomic E-state index is 13.1. The Morgan fingerprint density at radius 2 is 1.83 bits per heavy atom. The van der Waals surface area contributed by atoms with Crippen LogP contribution in [0.4, 0.5) is 23.7 Å². The van der Waals surface area contributed by atoms with Crippen LogP contribution < -0.4 is 4.90 Å². The molecule has 1 aromatic carbocycles. The second kappa shape index (κ2) is 7.01. The summed E-state index contributed by atoms with van der Waals surface area (Å²) in [5, 5.41) is 0. The monoisotopic (exact) mass is 423 g/mol. The number of hydrogen-bond acceptors (Lipinski definition) is 6. The number of alkyl halides is 3. The SMILES string of the molecule is COCCN1C(=O)C2C(N=C3N(c4ccc(C(F)(F)F)cc4)C(C)=CN32)N(C)C1=O. The molecule has 0 N–H and O–H groups in total. The molecule has 3 heterocycles. The number of carbonyl (C=O) groups is 2. The minimum absolute atomic E-state index is 0.121. The Labute approximate surface area is 170 Å². The topological polar surface area (TPSA) is 68.7 Å². The Bertz CT molecular complexity index is 944. The number of ether oxygens (including phenoxy) is 1. The lowest BCUT2D eigenvalue weighted by atomic mass is 10.1. The van der Waals surface area contributed by atoms with Crippen LogP contribution in [0.3, 0.4) is 0 Å². The lowest BCUT2D eigenvalue weighted by Crippen LogP contribution is -2.64. The summed E-state index contributed by atoms with van der Waals surface area (Å²) in [5.74, 6) is 0.000990. The van der Waals surface area contributed by atoms with Gasteiger partial charge in [-0.2, -0.15) is 13.2 Å². The molecule has 0 radical (unpaired) electrons. The molecule has 2 atom stereocenters. The summed E-state index contributed by atoms with van der Waals surface area (Å²) < 4.78 is 43.7. The first kappa shape index (κ1) is 20.2. The van der Waals surface area contributed by atoms with Crippen LogP contribution in [0.15, 0.2) is 41.2 Å². The predicted molar refractivity (Wildman–Crippen MR) is 101 cm³/mol. The highest BCUT2D eigenvalue weighted by Crippen LogP contribution is 2.37. The number of guanidine groups is 1. The second-order valence-electron chi connectivity index (χ2n) is 7.22. The van der Waals surface area contributed by atoms with Crippen molar-refractivity contribution in [2.45, 2.75) is 25.3 Å². The molecule has 1 aromatic rings. The number of benzene rings is 1. The summed E-state index contributed by atoms with van der Waals surface area (Å²) >= 11 is 0. The molecule has 3 aliphatic rings. The number of fused-ring (bicyclic) bond motifs is 3. The summed E-state index contributed by atoms with van der Waals surface area (Å²) in [6.07, 6.45) is -3.43. The third-order valence-corrected chi connectivity index (χ3v) is 5.36. The first-order valence-corrected chi connectivity index (χ1v) is 9.24. The van der Waals surface area contributed by atoms with Gasteiger partial charge in [0, 0.05) is 31.7 Å². The van der Waals surface area contributed by atoms with Gasteiger partial charge in [0.15, 0.2) is 12.2 Å². The van der Waals surface area contributed by atoms with Crippen molar-refractivity contribution in [3.8, 4) is 0 Å². The number of methoxy groups -OCH3 is 1. The van der Waals surface area contributed by atoms with Gasteiger partial charge in [0.1, 0.15) is 0 Å². The minimum atomic E-state index is -4.43. The Balaban J connectivity index is 1.65. The van der Waals surface area contributed by atoms with Gasteiger partial charge >= 0.3 is 12.2 Å².